The molecule has 18 heavy (non-hydrogen) atoms. The Labute approximate surface area is 109 Å². The van der Waals surface area contributed by atoms with E-state index in [0.717, 1.165) is 31.5 Å². The van der Waals surface area contributed by atoms with Crippen LogP contribution in [0.4, 0.5) is 0 Å². The molecule has 1 heterocycles. The second kappa shape index (κ2) is 5.53. The van der Waals surface area contributed by atoms with Gasteiger partial charge in [-0.1, -0.05) is 37.3 Å². The van der Waals surface area contributed by atoms with E-state index in [0.29, 0.717) is 0 Å². The van der Waals surface area contributed by atoms with Crippen LogP contribution in [0.25, 0.3) is 0 Å². The van der Waals surface area contributed by atoms with Gasteiger partial charge in [-0.15, -0.1) is 0 Å². The summed E-state index contributed by atoms with van der Waals surface area (Å²) in [5.41, 5.74) is 0.942. The zero-order chi connectivity index (χ0) is 13.0. The molecule has 3 nitrogen and oxygen atoms in total. The van der Waals surface area contributed by atoms with Crippen LogP contribution < -0.4 is 10.6 Å². The summed E-state index contributed by atoms with van der Waals surface area (Å²) in [5.74, 6) is 0.181. The minimum atomic E-state index is -0.214. The van der Waals surface area contributed by atoms with Crippen LogP contribution in [0.5, 0.6) is 0 Å². The molecule has 0 aromatic heterocycles. The Bertz CT molecular complexity index is 396. The number of hydrogen-bond acceptors (Lipinski definition) is 2. The van der Waals surface area contributed by atoms with Gasteiger partial charge in [0.1, 0.15) is 0 Å². The minimum absolute atomic E-state index is 0.0745. The van der Waals surface area contributed by atoms with Gasteiger partial charge in [0.2, 0.25) is 5.91 Å². The van der Waals surface area contributed by atoms with Crippen LogP contribution in [-0.2, 0) is 4.79 Å². The molecule has 3 heteroatoms. The summed E-state index contributed by atoms with van der Waals surface area (Å²) < 4.78 is 0. The maximum absolute atomic E-state index is 12.4. The predicted octanol–water partition coefficient (Wildman–Crippen LogP) is 2.25. The lowest BCUT2D eigenvalue weighted by atomic mass is 9.80. The van der Waals surface area contributed by atoms with Gasteiger partial charge in [-0.05, 0) is 38.4 Å². The normalized spacial score (nSPS) is 20.1. The number of benzene rings is 1. The van der Waals surface area contributed by atoms with Crippen LogP contribution in [0.3, 0.4) is 0 Å². The second-order valence-corrected chi connectivity index (χ2v) is 5.42. The quantitative estimate of drug-likeness (QED) is 0.859. The Morgan fingerprint density at radius 2 is 1.89 bits per heavy atom. The minimum Gasteiger partial charge on any atom is -0.349 e. The Balaban J connectivity index is 1.98. The fourth-order valence-corrected chi connectivity index (χ4v) is 2.40. The van der Waals surface area contributed by atoms with E-state index in [1.165, 1.54) is 0 Å². The first-order valence-corrected chi connectivity index (χ1v) is 6.68. The summed E-state index contributed by atoms with van der Waals surface area (Å²) in [6, 6.07) is 10.2. The lowest BCUT2D eigenvalue weighted by Crippen LogP contribution is -2.46. The van der Waals surface area contributed by atoms with E-state index in [4.69, 9.17) is 0 Å². The highest BCUT2D eigenvalue weighted by Crippen LogP contribution is 2.29. The van der Waals surface area contributed by atoms with E-state index in [-0.39, 0.29) is 17.4 Å². The standard InChI is InChI=1S/C15H22N2O/c1-12(13-6-4-3-5-7-13)17-14(18)15(2)8-10-16-11-9-15/h3-7,12,16H,8-11H2,1-2H3,(H,17,18)/t12-/m0/s1. The molecule has 1 saturated heterocycles. The molecular formula is C15H22N2O. The van der Waals surface area contributed by atoms with Crippen LogP contribution in [0.1, 0.15) is 38.3 Å². The lowest BCUT2D eigenvalue weighted by Gasteiger charge is -2.33. The molecule has 2 N–H and O–H groups in total. The molecule has 0 radical (unpaired) electrons. The van der Waals surface area contributed by atoms with E-state index in [2.05, 4.69) is 29.7 Å². The van der Waals surface area contributed by atoms with Crippen molar-refractivity contribution in [1.29, 1.82) is 0 Å². The van der Waals surface area contributed by atoms with Gasteiger partial charge in [-0.3, -0.25) is 4.79 Å². The number of hydrogen-bond donors (Lipinski definition) is 2. The third-order valence-corrected chi connectivity index (χ3v) is 3.90. The van der Waals surface area contributed by atoms with Crippen molar-refractivity contribution in [2.75, 3.05) is 13.1 Å². The summed E-state index contributed by atoms with van der Waals surface area (Å²) in [6.07, 6.45) is 1.83. The molecule has 0 unspecified atom stereocenters. The SMILES string of the molecule is C[C@H](NC(=O)C1(C)CCNCC1)c1ccccc1. The van der Waals surface area contributed by atoms with Crippen molar-refractivity contribution in [3.63, 3.8) is 0 Å². The van der Waals surface area contributed by atoms with Crippen LogP contribution in [0.2, 0.25) is 0 Å². The maximum Gasteiger partial charge on any atom is 0.226 e. The zero-order valence-electron chi connectivity index (χ0n) is 11.2. The average molecular weight is 246 g/mol. The monoisotopic (exact) mass is 246 g/mol. The highest BCUT2D eigenvalue weighted by atomic mass is 16.2. The number of carbonyl (C=O) groups is 1. The molecule has 0 bridgehead atoms. The summed E-state index contributed by atoms with van der Waals surface area (Å²) >= 11 is 0. The fraction of sp³-hybridized carbons (Fsp3) is 0.533. The summed E-state index contributed by atoms with van der Waals surface area (Å²) in [6.45, 7) is 5.98. The van der Waals surface area contributed by atoms with Crippen molar-refractivity contribution in [3.05, 3.63) is 35.9 Å². The van der Waals surface area contributed by atoms with E-state index >= 15 is 0 Å². The highest BCUT2D eigenvalue weighted by Gasteiger charge is 2.34. The van der Waals surface area contributed by atoms with Crippen LogP contribution >= 0.6 is 0 Å². The molecule has 98 valence electrons. The van der Waals surface area contributed by atoms with E-state index in [1.807, 2.05) is 25.1 Å². The van der Waals surface area contributed by atoms with Crippen LogP contribution in [-0.4, -0.2) is 19.0 Å². The van der Waals surface area contributed by atoms with Crippen molar-refractivity contribution in [2.24, 2.45) is 5.41 Å². The predicted molar refractivity (Wildman–Crippen MR) is 73.2 cm³/mol. The molecule has 1 fully saturated rings. The van der Waals surface area contributed by atoms with Gasteiger partial charge < -0.3 is 10.6 Å². The molecule has 1 aromatic rings. The van der Waals surface area contributed by atoms with Crippen LogP contribution in [0.15, 0.2) is 30.3 Å². The van der Waals surface area contributed by atoms with E-state index in [1.54, 1.807) is 0 Å². The van der Waals surface area contributed by atoms with Crippen molar-refractivity contribution in [3.8, 4) is 0 Å². The maximum atomic E-state index is 12.4. The van der Waals surface area contributed by atoms with Gasteiger partial charge in [-0.25, -0.2) is 0 Å². The topological polar surface area (TPSA) is 41.1 Å². The first kappa shape index (κ1) is 13.1. The van der Waals surface area contributed by atoms with E-state index < -0.39 is 0 Å². The van der Waals surface area contributed by atoms with Gasteiger partial charge in [0.15, 0.2) is 0 Å². The van der Waals surface area contributed by atoms with Gasteiger partial charge in [-0.2, -0.15) is 0 Å². The molecule has 1 atom stereocenters. The van der Waals surface area contributed by atoms with Crippen molar-refractivity contribution < 1.29 is 4.79 Å². The largest absolute Gasteiger partial charge is 0.349 e. The molecule has 1 aromatic carbocycles. The van der Waals surface area contributed by atoms with Crippen LogP contribution in [0, 0.1) is 5.41 Å². The lowest BCUT2D eigenvalue weighted by molar-refractivity contribution is -0.132. The van der Waals surface area contributed by atoms with Gasteiger partial charge >= 0.3 is 0 Å². The van der Waals surface area contributed by atoms with Gasteiger partial charge in [0.25, 0.3) is 0 Å². The first-order chi connectivity index (χ1) is 8.62. The van der Waals surface area contributed by atoms with E-state index in [9.17, 15) is 4.79 Å². The Morgan fingerprint density at radius 1 is 1.28 bits per heavy atom. The number of piperidine rings is 1. The first-order valence-electron chi connectivity index (χ1n) is 6.68. The highest BCUT2D eigenvalue weighted by molar-refractivity contribution is 5.82. The molecule has 0 aliphatic carbocycles. The summed E-state index contributed by atoms with van der Waals surface area (Å²) in [7, 11) is 0. The molecule has 0 saturated carbocycles. The molecule has 1 amide bonds. The van der Waals surface area contributed by atoms with Gasteiger partial charge in [0, 0.05) is 5.41 Å². The number of carbonyl (C=O) groups excluding carboxylic acids is 1. The number of rotatable bonds is 3. The van der Waals surface area contributed by atoms with Crippen molar-refractivity contribution in [1.82, 2.24) is 10.6 Å². The molecule has 0 spiro atoms. The molecule has 1 aliphatic heterocycles. The Hall–Kier alpha value is -1.35. The smallest absolute Gasteiger partial charge is 0.226 e. The fourth-order valence-electron chi connectivity index (χ4n) is 2.40. The Morgan fingerprint density at radius 3 is 2.50 bits per heavy atom. The zero-order valence-corrected chi connectivity index (χ0v) is 11.2. The molecule has 2 rings (SSSR count). The summed E-state index contributed by atoms with van der Waals surface area (Å²) in [4.78, 5) is 12.4. The summed E-state index contributed by atoms with van der Waals surface area (Å²) in [5, 5.41) is 6.44. The molecule has 1 aliphatic rings. The average Bonchev–Trinajstić information content (AvgIpc) is 2.40. The third-order valence-electron chi connectivity index (χ3n) is 3.90. The van der Waals surface area contributed by atoms with Crippen molar-refractivity contribution >= 4 is 5.91 Å². The van der Waals surface area contributed by atoms with Crippen molar-refractivity contribution in [2.45, 2.75) is 32.7 Å². The Kier molecular flexibility index (Phi) is 4.02. The second-order valence-electron chi connectivity index (χ2n) is 5.42. The van der Waals surface area contributed by atoms with Gasteiger partial charge in [0.05, 0.1) is 6.04 Å². The number of amides is 1. The third kappa shape index (κ3) is 2.91. The number of nitrogens with one attached hydrogen (secondary N) is 2. The molecular weight excluding hydrogens is 224 g/mol.